The second-order valence-electron chi connectivity index (χ2n) is 6.63. The summed E-state index contributed by atoms with van der Waals surface area (Å²) in [5, 5.41) is 4.64. The van der Waals surface area contributed by atoms with Gasteiger partial charge in [0.05, 0.1) is 43.7 Å². The van der Waals surface area contributed by atoms with Crippen molar-refractivity contribution in [1.29, 1.82) is 0 Å². The largest absolute Gasteiger partial charge is 0.497 e. The minimum atomic E-state index is -4.77. The summed E-state index contributed by atoms with van der Waals surface area (Å²) in [7, 11) is 2.87. The average molecular weight is 448 g/mol. The molecule has 1 aromatic heterocycles. The summed E-state index contributed by atoms with van der Waals surface area (Å²) in [5.74, 6) is -0.442. The first-order chi connectivity index (χ1) is 15.2. The first-order valence-electron chi connectivity index (χ1n) is 9.27. The molecule has 2 aromatic carbocycles. The fraction of sp³-hybridized carbons (Fsp3) is 0.182. The molecule has 0 aliphatic carbocycles. The molecular weight excluding hydrogens is 429 g/mol. The quantitative estimate of drug-likeness (QED) is 0.545. The van der Waals surface area contributed by atoms with Crippen molar-refractivity contribution < 1.29 is 36.7 Å². The van der Waals surface area contributed by atoms with E-state index in [2.05, 4.69) is 10.6 Å². The minimum Gasteiger partial charge on any atom is -0.497 e. The van der Waals surface area contributed by atoms with Crippen LogP contribution in [0.1, 0.15) is 21.5 Å². The van der Waals surface area contributed by atoms with Gasteiger partial charge in [0.1, 0.15) is 17.8 Å². The number of hydrogen-bond donors (Lipinski definition) is 2. The van der Waals surface area contributed by atoms with Gasteiger partial charge in [-0.3, -0.25) is 9.59 Å². The van der Waals surface area contributed by atoms with Crippen molar-refractivity contribution in [3.05, 3.63) is 71.7 Å². The van der Waals surface area contributed by atoms with Gasteiger partial charge in [-0.05, 0) is 42.5 Å². The highest BCUT2D eigenvalue weighted by Gasteiger charge is 2.34. The summed E-state index contributed by atoms with van der Waals surface area (Å²) in [6.07, 6.45) is -2.57. The number of carbonyl (C=O) groups is 2. The summed E-state index contributed by atoms with van der Waals surface area (Å²) in [5.41, 5.74) is -1.03. The first kappa shape index (κ1) is 22.7. The minimum absolute atomic E-state index is 0.0870. The Morgan fingerprint density at radius 2 is 1.78 bits per heavy atom. The third kappa shape index (κ3) is 5.39. The second-order valence-corrected chi connectivity index (χ2v) is 6.63. The Bertz CT molecular complexity index is 1110. The molecule has 3 aromatic rings. The van der Waals surface area contributed by atoms with Gasteiger partial charge in [0.25, 0.3) is 5.91 Å². The molecule has 2 amide bonds. The topological polar surface area (TPSA) is 89.8 Å². The monoisotopic (exact) mass is 448 g/mol. The van der Waals surface area contributed by atoms with Crippen LogP contribution >= 0.6 is 0 Å². The number of methoxy groups -OCH3 is 2. The molecule has 0 radical (unpaired) electrons. The van der Waals surface area contributed by atoms with E-state index in [-0.39, 0.29) is 17.7 Å². The zero-order chi connectivity index (χ0) is 23.3. The maximum Gasteiger partial charge on any atom is 0.418 e. The van der Waals surface area contributed by atoms with Crippen LogP contribution in [-0.2, 0) is 17.4 Å². The number of nitrogens with one attached hydrogen (secondary N) is 2. The number of carbonyl (C=O) groups excluding carboxylic acids is 2. The van der Waals surface area contributed by atoms with Crippen molar-refractivity contribution in [3.63, 3.8) is 0 Å². The number of furan rings is 1. The van der Waals surface area contributed by atoms with E-state index < -0.39 is 29.2 Å². The molecule has 0 fully saturated rings. The molecule has 0 aliphatic rings. The van der Waals surface area contributed by atoms with Crippen molar-refractivity contribution in [3.8, 4) is 11.5 Å². The standard InChI is InChI=1S/C22H19F3N2O5/c1-30-16-4-6-19(31-2)14(9-16)10-20(28)27-18-5-3-15(11-17(18)22(23,24)25)26-21(29)13-7-8-32-12-13/h3-9,11-12H,10H2,1-2H3,(H,26,29)(H,27,28). The number of amides is 2. The number of alkyl halides is 3. The fourth-order valence-corrected chi connectivity index (χ4v) is 2.95. The molecule has 0 aliphatic heterocycles. The summed E-state index contributed by atoms with van der Waals surface area (Å²) in [6.45, 7) is 0. The smallest absolute Gasteiger partial charge is 0.418 e. The van der Waals surface area contributed by atoms with Crippen LogP contribution in [0.3, 0.4) is 0 Å². The number of ether oxygens (including phenoxy) is 2. The highest BCUT2D eigenvalue weighted by atomic mass is 19.4. The molecule has 3 rings (SSSR count). The van der Waals surface area contributed by atoms with Crippen LogP contribution in [0.25, 0.3) is 0 Å². The maximum atomic E-state index is 13.6. The molecule has 0 spiro atoms. The van der Waals surface area contributed by atoms with Crippen molar-refractivity contribution in [2.24, 2.45) is 0 Å². The summed E-state index contributed by atoms with van der Waals surface area (Å²) < 4.78 is 56.0. The van der Waals surface area contributed by atoms with Crippen molar-refractivity contribution in [2.75, 3.05) is 24.9 Å². The lowest BCUT2D eigenvalue weighted by Crippen LogP contribution is -2.19. The van der Waals surface area contributed by atoms with Crippen LogP contribution < -0.4 is 20.1 Å². The third-order valence-electron chi connectivity index (χ3n) is 4.48. The van der Waals surface area contributed by atoms with Gasteiger partial charge in [-0.15, -0.1) is 0 Å². The van der Waals surface area contributed by atoms with Gasteiger partial charge in [0.15, 0.2) is 0 Å². The molecule has 0 bridgehead atoms. The van der Waals surface area contributed by atoms with Crippen molar-refractivity contribution in [2.45, 2.75) is 12.6 Å². The molecule has 2 N–H and O–H groups in total. The summed E-state index contributed by atoms with van der Waals surface area (Å²) in [6, 6.07) is 9.26. The van der Waals surface area contributed by atoms with Crippen LogP contribution in [0.4, 0.5) is 24.5 Å². The van der Waals surface area contributed by atoms with Crippen LogP contribution in [0.5, 0.6) is 11.5 Å². The van der Waals surface area contributed by atoms with Crippen molar-refractivity contribution in [1.82, 2.24) is 0 Å². The number of hydrogen-bond acceptors (Lipinski definition) is 5. The molecule has 32 heavy (non-hydrogen) atoms. The number of halogens is 3. The number of anilines is 2. The third-order valence-corrected chi connectivity index (χ3v) is 4.48. The van der Waals surface area contributed by atoms with Crippen LogP contribution in [-0.4, -0.2) is 26.0 Å². The Morgan fingerprint density at radius 3 is 2.41 bits per heavy atom. The van der Waals surface area contributed by atoms with E-state index in [1.54, 1.807) is 18.2 Å². The van der Waals surface area contributed by atoms with Crippen LogP contribution in [0.15, 0.2) is 59.4 Å². The highest BCUT2D eigenvalue weighted by molar-refractivity contribution is 6.04. The average Bonchev–Trinajstić information content (AvgIpc) is 3.29. The Kier molecular flexibility index (Phi) is 6.72. The Labute approximate surface area is 181 Å². The molecule has 0 saturated carbocycles. The van der Waals surface area contributed by atoms with Gasteiger partial charge in [0, 0.05) is 11.3 Å². The predicted octanol–water partition coefficient (Wildman–Crippen LogP) is 4.75. The van der Waals surface area contributed by atoms with Gasteiger partial charge in [-0.2, -0.15) is 13.2 Å². The fourth-order valence-electron chi connectivity index (χ4n) is 2.95. The van der Waals surface area contributed by atoms with Crippen LogP contribution in [0, 0.1) is 0 Å². The van der Waals surface area contributed by atoms with E-state index in [0.717, 1.165) is 12.1 Å². The van der Waals surface area contributed by atoms with Gasteiger partial charge in [-0.25, -0.2) is 0 Å². The summed E-state index contributed by atoms with van der Waals surface area (Å²) in [4.78, 5) is 24.6. The molecule has 0 atom stereocenters. The Balaban J connectivity index is 1.81. The Morgan fingerprint density at radius 1 is 1.00 bits per heavy atom. The van der Waals surface area contributed by atoms with Crippen molar-refractivity contribution >= 4 is 23.2 Å². The van der Waals surface area contributed by atoms with E-state index in [0.29, 0.717) is 17.1 Å². The second kappa shape index (κ2) is 9.46. The molecular formula is C22H19F3N2O5. The maximum absolute atomic E-state index is 13.6. The number of rotatable bonds is 7. The van der Waals surface area contributed by atoms with E-state index in [4.69, 9.17) is 13.9 Å². The van der Waals surface area contributed by atoms with Gasteiger partial charge < -0.3 is 24.5 Å². The molecule has 0 unspecified atom stereocenters. The zero-order valence-corrected chi connectivity index (χ0v) is 17.1. The predicted molar refractivity (Wildman–Crippen MR) is 110 cm³/mol. The first-order valence-corrected chi connectivity index (χ1v) is 9.27. The lowest BCUT2D eigenvalue weighted by atomic mass is 10.1. The molecule has 1 heterocycles. The van der Waals surface area contributed by atoms with Crippen LogP contribution in [0.2, 0.25) is 0 Å². The van der Waals surface area contributed by atoms with E-state index in [9.17, 15) is 22.8 Å². The normalized spacial score (nSPS) is 11.0. The zero-order valence-electron chi connectivity index (χ0n) is 17.1. The summed E-state index contributed by atoms with van der Waals surface area (Å²) >= 11 is 0. The van der Waals surface area contributed by atoms with E-state index in [1.165, 1.54) is 38.9 Å². The highest BCUT2D eigenvalue weighted by Crippen LogP contribution is 2.37. The van der Waals surface area contributed by atoms with E-state index in [1.807, 2.05) is 0 Å². The lowest BCUT2D eigenvalue weighted by Gasteiger charge is -2.16. The molecule has 10 heteroatoms. The molecule has 0 saturated heterocycles. The SMILES string of the molecule is COc1ccc(OC)c(CC(=O)Nc2ccc(NC(=O)c3ccoc3)cc2C(F)(F)F)c1. The van der Waals surface area contributed by atoms with Gasteiger partial charge in [-0.1, -0.05) is 0 Å². The van der Waals surface area contributed by atoms with E-state index >= 15 is 0 Å². The molecule has 168 valence electrons. The van der Waals surface area contributed by atoms with Gasteiger partial charge in [0.2, 0.25) is 5.91 Å². The number of benzene rings is 2. The Hall–Kier alpha value is -3.95. The molecule has 7 nitrogen and oxygen atoms in total. The van der Waals surface area contributed by atoms with Gasteiger partial charge >= 0.3 is 6.18 Å². The lowest BCUT2D eigenvalue weighted by molar-refractivity contribution is -0.136.